The van der Waals surface area contributed by atoms with Crippen LogP contribution in [0.15, 0.2) is 0 Å². The zero-order valence-corrected chi connectivity index (χ0v) is 14.2. The quantitative estimate of drug-likeness (QED) is 0.826. The number of nitrogens with zero attached hydrogens (tertiary/aromatic N) is 1. The van der Waals surface area contributed by atoms with E-state index in [1.807, 2.05) is 0 Å². The van der Waals surface area contributed by atoms with Crippen LogP contribution in [0.1, 0.15) is 33.1 Å². The first kappa shape index (κ1) is 20.0. The molecular weight excluding hydrogens is 297 g/mol. The van der Waals surface area contributed by atoms with Gasteiger partial charge >= 0.3 is 0 Å². The van der Waals surface area contributed by atoms with Gasteiger partial charge in [0.15, 0.2) is 0 Å². The van der Waals surface area contributed by atoms with E-state index in [-0.39, 0.29) is 36.6 Å². The molecule has 0 radical (unpaired) electrons. The van der Waals surface area contributed by atoms with Gasteiger partial charge in [-0.05, 0) is 51.7 Å². The molecule has 0 spiro atoms. The number of hydrogen-bond donors (Lipinski definition) is 2. The van der Waals surface area contributed by atoms with E-state index >= 15 is 0 Å². The van der Waals surface area contributed by atoms with Crippen LogP contribution in [-0.4, -0.2) is 49.6 Å². The fourth-order valence-electron chi connectivity index (χ4n) is 2.87. The van der Waals surface area contributed by atoms with Gasteiger partial charge in [-0.3, -0.25) is 9.69 Å². The molecule has 2 aliphatic heterocycles. The van der Waals surface area contributed by atoms with Crippen LogP contribution in [0.5, 0.6) is 0 Å². The molecule has 2 saturated heterocycles. The van der Waals surface area contributed by atoms with Crippen molar-refractivity contribution in [3.63, 3.8) is 0 Å². The van der Waals surface area contributed by atoms with Crippen molar-refractivity contribution in [1.29, 1.82) is 0 Å². The van der Waals surface area contributed by atoms with E-state index in [2.05, 4.69) is 29.4 Å². The molecule has 120 valence electrons. The van der Waals surface area contributed by atoms with E-state index in [9.17, 15) is 4.79 Å². The number of hydrogen-bond acceptors (Lipinski definition) is 3. The van der Waals surface area contributed by atoms with Crippen molar-refractivity contribution in [2.24, 2.45) is 11.8 Å². The van der Waals surface area contributed by atoms with Crippen LogP contribution >= 0.6 is 24.8 Å². The highest BCUT2D eigenvalue weighted by Crippen LogP contribution is 2.17. The molecule has 0 aromatic heterocycles. The Kier molecular flexibility index (Phi) is 9.81. The number of carbonyl (C=O) groups is 1. The Labute approximate surface area is 135 Å². The van der Waals surface area contributed by atoms with Crippen LogP contribution < -0.4 is 10.6 Å². The Hall–Kier alpha value is -0.0300. The third kappa shape index (κ3) is 5.76. The number of rotatable bonds is 4. The lowest BCUT2D eigenvalue weighted by atomic mass is 9.98. The van der Waals surface area contributed by atoms with Crippen molar-refractivity contribution >= 4 is 30.7 Å². The van der Waals surface area contributed by atoms with Gasteiger partial charge in [0.1, 0.15) is 0 Å². The summed E-state index contributed by atoms with van der Waals surface area (Å²) in [4.78, 5) is 14.4. The fourth-order valence-corrected chi connectivity index (χ4v) is 2.87. The maximum atomic E-state index is 11.9. The summed E-state index contributed by atoms with van der Waals surface area (Å²) < 4.78 is 0. The van der Waals surface area contributed by atoms with Gasteiger partial charge in [0.25, 0.3) is 0 Å². The second kappa shape index (κ2) is 9.82. The summed E-state index contributed by atoms with van der Waals surface area (Å²) in [7, 11) is 0. The van der Waals surface area contributed by atoms with Crippen LogP contribution in [0, 0.1) is 11.8 Å². The van der Waals surface area contributed by atoms with Crippen molar-refractivity contribution in [3.05, 3.63) is 0 Å². The standard InChI is InChI=1S/C14H27N3O.2ClH/c1-11-4-7-17(8-5-11)12(2)9-16-14(18)13-3-6-15-10-13;;/h11-13,15H,3-10H2,1-2H3,(H,16,18);2*1H. The predicted octanol–water partition coefficient (Wildman–Crippen LogP) is 1.68. The monoisotopic (exact) mass is 325 g/mol. The summed E-state index contributed by atoms with van der Waals surface area (Å²) in [6.45, 7) is 9.55. The zero-order valence-electron chi connectivity index (χ0n) is 12.6. The second-order valence-electron chi connectivity index (χ2n) is 6.00. The second-order valence-corrected chi connectivity index (χ2v) is 6.00. The molecule has 2 heterocycles. The van der Waals surface area contributed by atoms with Gasteiger partial charge in [0.05, 0.1) is 5.92 Å². The Balaban J connectivity index is 0.00000180. The van der Waals surface area contributed by atoms with Gasteiger partial charge in [-0.25, -0.2) is 0 Å². The molecule has 2 unspecified atom stereocenters. The van der Waals surface area contributed by atoms with E-state index in [0.29, 0.717) is 6.04 Å². The van der Waals surface area contributed by atoms with Crippen LogP contribution in [0.25, 0.3) is 0 Å². The summed E-state index contributed by atoms with van der Waals surface area (Å²) in [6, 6.07) is 0.468. The molecule has 0 aromatic carbocycles. The van der Waals surface area contributed by atoms with E-state index in [4.69, 9.17) is 0 Å². The van der Waals surface area contributed by atoms with Crippen molar-refractivity contribution in [2.75, 3.05) is 32.7 Å². The van der Waals surface area contributed by atoms with Gasteiger partial charge in [-0.2, -0.15) is 0 Å². The first-order valence-corrected chi connectivity index (χ1v) is 7.39. The molecule has 2 fully saturated rings. The maximum Gasteiger partial charge on any atom is 0.224 e. The highest BCUT2D eigenvalue weighted by Gasteiger charge is 2.24. The van der Waals surface area contributed by atoms with Gasteiger partial charge in [-0.15, -0.1) is 24.8 Å². The molecule has 0 bridgehead atoms. The lowest BCUT2D eigenvalue weighted by Crippen LogP contribution is -2.46. The summed E-state index contributed by atoms with van der Waals surface area (Å²) in [5.74, 6) is 1.29. The van der Waals surface area contributed by atoms with Crippen molar-refractivity contribution in [3.8, 4) is 0 Å². The molecule has 4 nitrogen and oxygen atoms in total. The lowest BCUT2D eigenvalue weighted by Gasteiger charge is -2.35. The average molecular weight is 326 g/mol. The lowest BCUT2D eigenvalue weighted by molar-refractivity contribution is -0.124. The van der Waals surface area contributed by atoms with Gasteiger partial charge in [-0.1, -0.05) is 6.92 Å². The highest BCUT2D eigenvalue weighted by atomic mass is 35.5. The van der Waals surface area contributed by atoms with Crippen molar-refractivity contribution in [1.82, 2.24) is 15.5 Å². The molecule has 1 amide bonds. The number of carbonyl (C=O) groups excluding carboxylic acids is 1. The third-order valence-electron chi connectivity index (χ3n) is 4.44. The third-order valence-corrected chi connectivity index (χ3v) is 4.44. The Morgan fingerprint density at radius 3 is 2.50 bits per heavy atom. The summed E-state index contributed by atoms with van der Waals surface area (Å²) in [6.07, 6.45) is 3.58. The number of nitrogens with one attached hydrogen (secondary N) is 2. The largest absolute Gasteiger partial charge is 0.354 e. The average Bonchev–Trinajstić information content (AvgIpc) is 2.90. The zero-order chi connectivity index (χ0) is 13.0. The molecule has 2 rings (SSSR count). The molecule has 2 N–H and O–H groups in total. The molecule has 6 heteroatoms. The maximum absolute atomic E-state index is 11.9. The molecule has 2 aliphatic rings. The van der Waals surface area contributed by atoms with E-state index in [1.165, 1.54) is 25.9 Å². The van der Waals surface area contributed by atoms with E-state index in [1.54, 1.807) is 0 Å². The van der Waals surface area contributed by atoms with Crippen molar-refractivity contribution in [2.45, 2.75) is 39.2 Å². The number of amides is 1. The Morgan fingerprint density at radius 2 is 1.95 bits per heavy atom. The summed E-state index contributed by atoms with van der Waals surface area (Å²) in [5, 5.41) is 6.35. The molecule has 0 aromatic rings. The molecule has 20 heavy (non-hydrogen) atoms. The Bertz CT molecular complexity index is 278. The minimum atomic E-state index is 0. The number of likely N-dealkylation sites (tertiary alicyclic amines) is 1. The van der Waals surface area contributed by atoms with Gasteiger partial charge < -0.3 is 10.6 Å². The smallest absolute Gasteiger partial charge is 0.224 e. The van der Waals surface area contributed by atoms with E-state index < -0.39 is 0 Å². The summed E-state index contributed by atoms with van der Waals surface area (Å²) >= 11 is 0. The first-order chi connectivity index (χ1) is 8.66. The van der Waals surface area contributed by atoms with Gasteiger partial charge in [0, 0.05) is 19.1 Å². The molecular formula is C14H29Cl2N3O. The van der Waals surface area contributed by atoms with Crippen molar-refractivity contribution < 1.29 is 4.79 Å². The first-order valence-electron chi connectivity index (χ1n) is 7.39. The van der Waals surface area contributed by atoms with Crippen LogP contribution in [0.2, 0.25) is 0 Å². The number of halogens is 2. The predicted molar refractivity (Wildman–Crippen MR) is 87.9 cm³/mol. The van der Waals surface area contributed by atoms with Crippen LogP contribution in [0.4, 0.5) is 0 Å². The minimum Gasteiger partial charge on any atom is -0.354 e. The SMILES string of the molecule is CC1CCN(C(C)CNC(=O)C2CCNC2)CC1.Cl.Cl. The topological polar surface area (TPSA) is 44.4 Å². The molecule has 0 saturated carbocycles. The normalized spacial score (nSPS) is 25.4. The number of piperidine rings is 1. The van der Waals surface area contributed by atoms with Crippen LogP contribution in [0.3, 0.4) is 0 Å². The minimum absolute atomic E-state index is 0. The highest BCUT2D eigenvalue weighted by molar-refractivity contribution is 5.85. The van der Waals surface area contributed by atoms with Gasteiger partial charge in [0.2, 0.25) is 5.91 Å². The summed E-state index contributed by atoms with van der Waals surface area (Å²) in [5.41, 5.74) is 0. The fraction of sp³-hybridized carbons (Fsp3) is 0.929. The Morgan fingerprint density at radius 1 is 1.30 bits per heavy atom. The molecule has 0 aliphatic carbocycles. The molecule has 2 atom stereocenters. The van der Waals surface area contributed by atoms with E-state index in [0.717, 1.165) is 32.0 Å². The van der Waals surface area contributed by atoms with Crippen LogP contribution in [-0.2, 0) is 4.79 Å².